The summed E-state index contributed by atoms with van der Waals surface area (Å²) in [6, 6.07) is 8.19. The molecule has 0 saturated carbocycles. The lowest BCUT2D eigenvalue weighted by molar-refractivity contribution is -0.384. The van der Waals surface area contributed by atoms with Crippen molar-refractivity contribution in [2.75, 3.05) is 5.32 Å². The summed E-state index contributed by atoms with van der Waals surface area (Å²) in [6.45, 7) is 0.151. The maximum absolute atomic E-state index is 13.5. The Labute approximate surface area is 124 Å². The Kier molecular flexibility index (Phi) is 4.42. The zero-order chi connectivity index (χ0) is 14.7. The van der Waals surface area contributed by atoms with Gasteiger partial charge in [-0.1, -0.05) is 23.2 Å². The largest absolute Gasteiger partial charge is 0.378 e. The number of non-ortho nitro benzene ring substituents is 1. The van der Waals surface area contributed by atoms with Gasteiger partial charge in [-0.2, -0.15) is 0 Å². The third kappa shape index (κ3) is 3.37. The fourth-order valence-corrected chi connectivity index (χ4v) is 1.99. The SMILES string of the molecule is O=[N+]([O-])c1ccc(Cl)c(CNc2cc(Cl)ccc2F)c1. The predicted octanol–water partition coefficient (Wildman–Crippen LogP) is 4.65. The van der Waals surface area contributed by atoms with Gasteiger partial charge in [-0.3, -0.25) is 10.1 Å². The normalized spacial score (nSPS) is 10.3. The van der Waals surface area contributed by atoms with Crippen LogP contribution in [0.25, 0.3) is 0 Å². The quantitative estimate of drug-likeness (QED) is 0.660. The van der Waals surface area contributed by atoms with E-state index in [0.29, 0.717) is 15.6 Å². The molecule has 0 amide bonds. The molecule has 0 bridgehead atoms. The minimum absolute atomic E-state index is 0.0715. The van der Waals surface area contributed by atoms with Crippen LogP contribution in [0.1, 0.15) is 5.56 Å². The van der Waals surface area contributed by atoms with Crippen molar-refractivity contribution in [3.05, 3.63) is 67.9 Å². The van der Waals surface area contributed by atoms with Crippen LogP contribution in [0.3, 0.4) is 0 Å². The van der Waals surface area contributed by atoms with Gasteiger partial charge >= 0.3 is 0 Å². The molecule has 0 aliphatic rings. The van der Waals surface area contributed by atoms with E-state index in [1.807, 2.05) is 0 Å². The third-order valence-electron chi connectivity index (χ3n) is 2.64. The molecule has 1 N–H and O–H groups in total. The molecule has 0 unspecified atom stereocenters. The second kappa shape index (κ2) is 6.07. The van der Waals surface area contributed by atoms with Gasteiger partial charge in [0.25, 0.3) is 5.69 Å². The first-order valence-electron chi connectivity index (χ1n) is 5.59. The third-order valence-corrected chi connectivity index (χ3v) is 3.24. The molecular formula is C13H9Cl2FN2O2. The van der Waals surface area contributed by atoms with Gasteiger partial charge in [0.2, 0.25) is 0 Å². The number of nitro groups is 1. The van der Waals surface area contributed by atoms with Crippen LogP contribution in [0.5, 0.6) is 0 Å². The van der Waals surface area contributed by atoms with E-state index < -0.39 is 10.7 Å². The molecule has 0 atom stereocenters. The molecule has 104 valence electrons. The number of nitrogens with zero attached hydrogens (tertiary/aromatic N) is 1. The van der Waals surface area contributed by atoms with E-state index >= 15 is 0 Å². The standard InChI is InChI=1S/C13H9Cl2FN2O2/c14-9-1-4-12(16)13(6-9)17-7-8-5-10(18(19)20)2-3-11(8)15/h1-6,17H,7H2. The predicted molar refractivity (Wildman–Crippen MR) is 76.8 cm³/mol. The van der Waals surface area contributed by atoms with Gasteiger partial charge in [-0.25, -0.2) is 4.39 Å². The maximum atomic E-state index is 13.5. The first kappa shape index (κ1) is 14.6. The van der Waals surface area contributed by atoms with Crippen molar-refractivity contribution < 1.29 is 9.31 Å². The zero-order valence-corrected chi connectivity index (χ0v) is 11.6. The van der Waals surface area contributed by atoms with Crippen molar-refractivity contribution in [3.63, 3.8) is 0 Å². The number of hydrogen-bond acceptors (Lipinski definition) is 3. The van der Waals surface area contributed by atoms with Crippen molar-refractivity contribution in [2.45, 2.75) is 6.54 Å². The molecule has 0 heterocycles. The molecule has 0 fully saturated rings. The molecule has 2 aromatic carbocycles. The van der Waals surface area contributed by atoms with Crippen molar-refractivity contribution in [1.29, 1.82) is 0 Å². The Bertz CT molecular complexity index is 665. The highest BCUT2D eigenvalue weighted by atomic mass is 35.5. The first-order valence-corrected chi connectivity index (χ1v) is 6.34. The Morgan fingerprint density at radius 3 is 2.65 bits per heavy atom. The Hall–Kier alpha value is -1.85. The average molecular weight is 315 g/mol. The summed E-state index contributed by atoms with van der Waals surface area (Å²) in [5.74, 6) is -0.462. The van der Waals surface area contributed by atoms with E-state index in [1.165, 1.54) is 36.4 Å². The van der Waals surface area contributed by atoms with E-state index in [2.05, 4.69) is 5.32 Å². The topological polar surface area (TPSA) is 55.2 Å². The van der Waals surface area contributed by atoms with Crippen LogP contribution in [0.4, 0.5) is 15.8 Å². The van der Waals surface area contributed by atoms with Crippen LogP contribution in [-0.4, -0.2) is 4.92 Å². The van der Waals surface area contributed by atoms with Gasteiger partial charge in [0, 0.05) is 28.7 Å². The lowest BCUT2D eigenvalue weighted by Gasteiger charge is -2.09. The van der Waals surface area contributed by atoms with Gasteiger partial charge < -0.3 is 5.32 Å². The van der Waals surface area contributed by atoms with Gasteiger partial charge in [-0.05, 0) is 29.8 Å². The monoisotopic (exact) mass is 314 g/mol. The summed E-state index contributed by atoms with van der Waals surface area (Å²) >= 11 is 11.7. The lowest BCUT2D eigenvalue weighted by Crippen LogP contribution is -2.03. The summed E-state index contributed by atoms with van der Waals surface area (Å²) in [6.07, 6.45) is 0. The fourth-order valence-electron chi connectivity index (χ4n) is 1.63. The highest BCUT2D eigenvalue weighted by Crippen LogP contribution is 2.25. The van der Waals surface area contributed by atoms with E-state index in [1.54, 1.807) is 0 Å². The molecule has 2 aromatic rings. The maximum Gasteiger partial charge on any atom is 0.269 e. The number of nitrogens with one attached hydrogen (secondary N) is 1. The number of anilines is 1. The highest BCUT2D eigenvalue weighted by molar-refractivity contribution is 6.31. The molecule has 0 saturated heterocycles. The molecule has 4 nitrogen and oxygen atoms in total. The van der Waals surface area contributed by atoms with E-state index in [4.69, 9.17) is 23.2 Å². The van der Waals surface area contributed by atoms with Crippen molar-refractivity contribution in [3.8, 4) is 0 Å². The number of benzene rings is 2. The van der Waals surface area contributed by atoms with E-state index in [-0.39, 0.29) is 17.9 Å². The molecule has 20 heavy (non-hydrogen) atoms. The van der Waals surface area contributed by atoms with Crippen LogP contribution in [0.2, 0.25) is 10.0 Å². The number of rotatable bonds is 4. The van der Waals surface area contributed by atoms with Gasteiger partial charge in [-0.15, -0.1) is 0 Å². The molecule has 0 spiro atoms. The lowest BCUT2D eigenvalue weighted by atomic mass is 10.2. The minimum Gasteiger partial charge on any atom is -0.378 e. The van der Waals surface area contributed by atoms with Crippen LogP contribution in [0.15, 0.2) is 36.4 Å². The molecule has 0 aliphatic carbocycles. The van der Waals surface area contributed by atoms with Crippen LogP contribution in [0, 0.1) is 15.9 Å². The summed E-state index contributed by atoms with van der Waals surface area (Å²) in [7, 11) is 0. The smallest absolute Gasteiger partial charge is 0.269 e. The van der Waals surface area contributed by atoms with Crippen LogP contribution < -0.4 is 5.32 Å². The average Bonchev–Trinajstić information content (AvgIpc) is 2.41. The number of halogens is 3. The van der Waals surface area contributed by atoms with Crippen LogP contribution in [-0.2, 0) is 6.54 Å². The molecule has 2 rings (SSSR count). The van der Waals surface area contributed by atoms with Crippen molar-refractivity contribution >= 4 is 34.6 Å². The Balaban J connectivity index is 2.20. The Morgan fingerprint density at radius 2 is 1.95 bits per heavy atom. The highest BCUT2D eigenvalue weighted by Gasteiger charge is 2.10. The first-order chi connectivity index (χ1) is 9.47. The second-order valence-corrected chi connectivity index (χ2v) is 4.85. The minimum atomic E-state index is -0.514. The molecule has 0 aliphatic heterocycles. The second-order valence-electron chi connectivity index (χ2n) is 4.01. The summed E-state index contributed by atoms with van der Waals surface area (Å²) < 4.78 is 13.5. The summed E-state index contributed by atoms with van der Waals surface area (Å²) in [5.41, 5.74) is 0.637. The summed E-state index contributed by atoms with van der Waals surface area (Å²) in [4.78, 5) is 10.2. The Morgan fingerprint density at radius 1 is 1.20 bits per heavy atom. The van der Waals surface area contributed by atoms with Crippen LogP contribution >= 0.6 is 23.2 Å². The number of hydrogen-bond donors (Lipinski definition) is 1. The molecule has 0 aromatic heterocycles. The van der Waals surface area contributed by atoms with Crippen molar-refractivity contribution in [2.24, 2.45) is 0 Å². The van der Waals surface area contributed by atoms with Gasteiger partial charge in [0.05, 0.1) is 10.6 Å². The van der Waals surface area contributed by atoms with Gasteiger partial charge in [0.15, 0.2) is 0 Å². The number of nitro benzene ring substituents is 1. The fraction of sp³-hybridized carbons (Fsp3) is 0.0769. The summed E-state index contributed by atoms with van der Waals surface area (Å²) in [5, 5.41) is 14.3. The van der Waals surface area contributed by atoms with Gasteiger partial charge in [0.1, 0.15) is 5.82 Å². The van der Waals surface area contributed by atoms with Crippen molar-refractivity contribution in [1.82, 2.24) is 0 Å². The van der Waals surface area contributed by atoms with E-state index in [0.717, 1.165) is 0 Å². The molecule has 7 heteroatoms. The van der Waals surface area contributed by atoms with E-state index in [9.17, 15) is 14.5 Å². The molecular weight excluding hydrogens is 306 g/mol. The molecule has 0 radical (unpaired) electrons. The zero-order valence-electron chi connectivity index (χ0n) is 10.1.